The second-order valence-electron chi connectivity index (χ2n) is 4.94. The van der Waals surface area contributed by atoms with Gasteiger partial charge in [0, 0.05) is 12.4 Å². The molecule has 22 heavy (non-hydrogen) atoms. The van der Waals surface area contributed by atoms with Gasteiger partial charge in [-0.05, 0) is 19.1 Å². The highest BCUT2D eigenvalue weighted by molar-refractivity contribution is 7.92. The minimum Gasteiger partial charge on any atom is -0.336 e. The van der Waals surface area contributed by atoms with E-state index in [2.05, 4.69) is 9.71 Å². The third-order valence-electron chi connectivity index (χ3n) is 2.87. The molecule has 2 rings (SSSR count). The molecule has 1 amide bonds. The van der Waals surface area contributed by atoms with E-state index in [-0.39, 0.29) is 11.6 Å². The molecule has 1 aromatic carbocycles. The first-order valence-corrected chi connectivity index (χ1v) is 9.26. The number of aromatic nitrogens is 1. The van der Waals surface area contributed by atoms with Gasteiger partial charge in [0.05, 0.1) is 34.8 Å². The molecule has 0 radical (unpaired) electrons. The number of benzene rings is 1. The molecule has 0 aliphatic heterocycles. The third-order valence-corrected chi connectivity index (χ3v) is 4.28. The Labute approximate surface area is 133 Å². The molecule has 0 unspecified atom stereocenters. The summed E-state index contributed by atoms with van der Waals surface area (Å²) in [5.41, 5.74) is 1.39. The Morgan fingerprint density at radius 3 is 2.64 bits per heavy atom. The number of rotatable bonds is 5. The Hall–Kier alpha value is -1.93. The van der Waals surface area contributed by atoms with Crippen LogP contribution in [0.1, 0.15) is 21.1 Å². The van der Waals surface area contributed by atoms with Gasteiger partial charge in [-0.2, -0.15) is 0 Å². The first-order chi connectivity index (χ1) is 10.3. The van der Waals surface area contributed by atoms with Crippen molar-refractivity contribution in [1.29, 1.82) is 0 Å². The molecular weight excluding hydrogens is 322 g/mol. The second-order valence-corrected chi connectivity index (χ2v) is 7.75. The van der Waals surface area contributed by atoms with Crippen molar-refractivity contribution in [3.8, 4) is 0 Å². The zero-order valence-corrected chi connectivity index (χ0v) is 14.2. The highest BCUT2D eigenvalue weighted by Crippen LogP contribution is 2.19. The van der Waals surface area contributed by atoms with E-state index >= 15 is 0 Å². The number of amides is 1. The lowest BCUT2D eigenvalue weighted by atomic mass is 10.1. The maximum absolute atomic E-state index is 12.5. The average molecular weight is 339 g/mol. The summed E-state index contributed by atoms with van der Waals surface area (Å²) in [7, 11) is -1.78. The number of sulfonamides is 1. The predicted molar refractivity (Wildman–Crippen MR) is 87.6 cm³/mol. The predicted octanol–water partition coefficient (Wildman–Crippen LogP) is 2.10. The maximum Gasteiger partial charge on any atom is 0.256 e. The van der Waals surface area contributed by atoms with E-state index in [1.54, 1.807) is 31.3 Å². The molecule has 0 saturated heterocycles. The molecule has 0 spiro atoms. The summed E-state index contributed by atoms with van der Waals surface area (Å²) < 4.78 is 25.2. The lowest BCUT2D eigenvalue weighted by Crippen LogP contribution is -2.27. The van der Waals surface area contributed by atoms with Crippen molar-refractivity contribution < 1.29 is 13.2 Å². The van der Waals surface area contributed by atoms with Crippen LogP contribution in [0, 0.1) is 6.92 Å². The Morgan fingerprint density at radius 1 is 1.36 bits per heavy atom. The van der Waals surface area contributed by atoms with Crippen molar-refractivity contribution in [2.45, 2.75) is 13.5 Å². The lowest BCUT2D eigenvalue weighted by Gasteiger charge is -2.18. The van der Waals surface area contributed by atoms with Gasteiger partial charge < -0.3 is 4.90 Å². The normalized spacial score (nSPS) is 11.2. The van der Waals surface area contributed by atoms with E-state index in [1.165, 1.54) is 16.2 Å². The second kappa shape index (κ2) is 6.45. The van der Waals surface area contributed by atoms with Crippen LogP contribution in [0.4, 0.5) is 5.69 Å². The molecular formula is C14H17N3O3S2. The van der Waals surface area contributed by atoms with Crippen molar-refractivity contribution in [1.82, 2.24) is 9.88 Å². The van der Waals surface area contributed by atoms with Gasteiger partial charge in [0.15, 0.2) is 0 Å². The van der Waals surface area contributed by atoms with Crippen molar-refractivity contribution in [2.75, 3.05) is 18.0 Å². The van der Waals surface area contributed by atoms with Crippen LogP contribution in [-0.2, 0) is 16.6 Å². The van der Waals surface area contributed by atoms with Gasteiger partial charge in [-0.1, -0.05) is 12.1 Å². The van der Waals surface area contributed by atoms with Crippen LogP contribution >= 0.6 is 11.3 Å². The Morgan fingerprint density at radius 2 is 2.05 bits per heavy atom. The van der Waals surface area contributed by atoms with Crippen molar-refractivity contribution >= 4 is 33.0 Å². The molecule has 2 aromatic rings. The summed E-state index contributed by atoms with van der Waals surface area (Å²) in [6.45, 7) is 2.28. The molecule has 0 atom stereocenters. The Kier molecular flexibility index (Phi) is 4.82. The van der Waals surface area contributed by atoms with Gasteiger partial charge >= 0.3 is 0 Å². The molecule has 0 saturated carbocycles. The summed E-state index contributed by atoms with van der Waals surface area (Å²) >= 11 is 1.52. The fourth-order valence-corrected chi connectivity index (χ4v) is 3.14. The smallest absolute Gasteiger partial charge is 0.256 e. The average Bonchev–Trinajstić information content (AvgIpc) is 2.82. The van der Waals surface area contributed by atoms with E-state index < -0.39 is 10.0 Å². The molecule has 0 fully saturated rings. The number of para-hydroxylation sites is 1. The van der Waals surface area contributed by atoms with Gasteiger partial charge in [0.25, 0.3) is 5.91 Å². The summed E-state index contributed by atoms with van der Waals surface area (Å²) in [4.78, 5) is 18.4. The molecule has 1 aromatic heterocycles. The number of aryl methyl sites for hydroxylation is 1. The van der Waals surface area contributed by atoms with Crippen LogP contribution in [0.5, 0.6) is 0 Å². The van der Waals surface area contributed by atoms with Gasteiger partial charge in [-0.15, -0.1) is 11.3 Å². The number of carbonyl (C=O) groups is 1. The van der Waals surface area contributed by atoms with Gasteiger partial charge in [-0.3, -0.25) is 9.52 Å². The molecule has 0 bridgehead atoms. The van der Waals surface area contributed by atoms with Gasteiger partial charge in [-0.25, -0.2) is 13.4 Å². The van der Waals surface area contributed by atoms with Crippen LogP contribution in [0.3, 0.4) is 0 Å². The first kappa shape index (κ1) is 16.4. The van der Waals surface area contributed by atoms with E-state index in [0.717, 1.165) is 17.0 Å². The van der Waals surface area contributed by atoms with E-state index in [4.69, 9.17) is 0 Å². The van der Waals surface area contributed by atoms with Crippen molar-refractivity contribution in [3.05, 3.63) is 45.9 Å². The monoisotopic (exact) mass is 339 g/mol. The first-order valence-electron chi connectivity index (χ1n) is 6.49. The van der Waals surface area contributed by atoms with E-state index in [1.807, 2.05) is 12.3 Å². The number of nitrogens with zero attached hydrogens (tertiary/aromatic N) is 2. The molecule has 1 heterocycles. The zero-order chi connectivity index (χ0) is 16.3. The highest BCUT2D eigenvalue weighted by Gasteiger charge is 2.18. The number of carbonyl (C=O) groups excluding carboxylic acids is 1. The summed E-state index contributed by atoms with van der Waals surface area (Å²) in [5.74, 6) is -0.266. The van der Waals surface area contributed by atoms with Crippen LogP contribution in [0.15, 0.2) is 29.6 Å². The standard InChI is InChI=1S/C14H17N3O3S2/c1-10-15-11(9-21-10)8-17(2)14(18)12-6-4-5-7-13(12)16-22(3,19)20/h4-7,9,16H,8H2,1-3H3. The highest BCUT2D eigenvalue weighted by atomic mass is 32.2. The van der Waals surface area contributed by atoms with Crippen LogP contribution in [-0.4, -0.2) is 37.5 Å². The molecule has 1 N–H and O–H groups in total. The molecule has 118 valence electrons. The SMILES string of the molecule is Cc1nc(CN(C)C(=O)c2ccccc2NS(C)(=O)=O)cs1. The summed E-state index contributed by atoms with van der Waals surface area (Å²) in [6.07, 6.45) is 1.05. The van der Waals surface area contributed by atoms with Crippen LogP contribution in [0.2, 0.25) is 0 Å². The van der Waals surface area contributed by atoms with Crippen LogP contribution in [0.25, 0.3) is 0 Å². The Bertz CT molecular complexity index is 784. The van der Waals surface area contributed by atoms with E-state index in [0.29, 0.717) is 12.1 Å². The number of anilines is 1. The number of hydrogen-bond acceptors (Lipinski definition) is 5. The number of nitrogens with one attached hydrogen (secondary N) is 1. The fourth-order valence-electron chi connectivity index (χ4n) is 1.96. The zero-order valence-electron chi connectivity index (χ0n) is 12.5. The fraction of sp³-hybridized carbons (Fsp3) is 0.286. The minimum atomic E-state index is -3.45. The minimum absolute atomic E-state index is 0.266. The largest absolute Gasteiger partial charge is 0.336 e. The number of thiazole rings is 1. The van der Waals surface area contributed by atoms with Crippen LogP contribution < -0.4 is 4.72 Å². The van der Waals surface area contributed by atoms with E-state index in [9.17, 15) is 13.2 Å². The lowest BCUT2D eigenvalue weighted by molar-refractivity contribution is 0.0784. The quantitative estimate of drug-likeness (QED) is 0.905. The summed E-state index contributed by atoms with van der Waals surface area (Å²) in [6, 6.07) is 6.53. The topological polar surface area (TPSA) is 79.4 Å². The molecule has 6 nitrogen and oxygen atoms in total. The maximum atomic E-state index is 12.5. The molecule has 8 heteroatoms. The molecule has 0 aliphatic carbocycles. The number of hydrogen-bond donors (Lipinski definition) is 1. The van der Waals surface area contributed by atoms with Gasteiger partial charge in [0.1, 0.15) is 0 Å². The molecule has 0 aliphatic rings. The Balaban J connectivity index is 2.21. The summed E-state index contributed by atoms with van der Waals surface area (Å²) in [5, 5.41) is 2.84. The van der Waals surface area contributed by atoms with Gasteiger partial charge in [0.2, 0.25) is 10.0 Å². The third kappa shape index (κ3) is 4.28. The van der Waals surface area contributed by atoms with Crippen molar-refractivity contribution in [2.24, 2.45) is 0 Å². The van der Waals surface area contributed by atoms with Crippen molar-refractivity contribution in [3.63, 3.8) is 0 Å².